The van der Waals surface area contributed by atoms with E-state index in [4.69, 9.17) is 5.73 Å². The van der Waals surface area contributed by atoms with E-state index < -0.39 is 0 Å². The zero-order valence-corrected chi connectivity index (χ0v) is 11.5. The van der Waals surface area contributed by atoms with Crippen LogP contribution in [0, 0.1) is 0 Å². The Labute approximate surface area is 115 Å². The fraction of sp³-hybridized carbons (Fsp3) is 0.400. The number of hydrogen-bond donors (Lipinski definition) is 2. The summed E-state index contributed by atoms with van der Waals surface area (Å²) in [6, 6.07) is 9.88. The summed E-state index contributed by atoms with van der Waals surface area (Å²) in [4.78, 5) is 14.0. The molecule has 0 aliphatic rings. The second-order valence-corrected chi connectivity index (χ2v) is 4.45. The Morgan fingerprint density at radius 3 is 2.74 bits per heavy atom. The van der Waals surface area contributed by atoms with Crippen molar-refractivity contribution in [2.75, 3.05) is 19.6 Å². The first-order chi connectivity index (χ1) is 9.19. The van der Waals surface area contributed by atoms with Gasteiger partial charge in [0.2, 0.25) is 5.91 Å². The van der Waals surface area contributed by atoms with Gasteiger partial charge in [-0.25, -0.2) is 0 Å². The third-order valence-electron chi connectivity index (χ3n) is 2.99. The van der Waals surface area contributed by atoms with E-state index in [1.54, 1.807) is 6.08 Å². The number of carbonyl (C=O) groups excluding carboxylic acids is 1. The Bertz CT molecular complexity index is 392. The number of nitrogens with one attached hydrogen (secondary N) is 1. The molecule has 1 rings (SSSR count). The highest BCUT2D eigenvalue weighted by atomic mass is 16.2. The first-order valence-corrected chi connectivity index (χ1v) is 6.55. The summed E-state index contributed by atoms with van der Waals surface area (Å²) < 4.78 is 0. The smallest absolute Gasteiger partial charge is 0.237 e. The minimum Gasteiger partial charge on any atom is -0.351 e. The third-order valence-corrected chi connectivity index (χ3v) is 2.99. The van der Waals surface area contributed by atoms with Crippen LogP contribution in [0.5, 0.6) is 0 Å². The number of hydrogen-bond acceptors (Lipinski definition) is 3. The van der Waals surface area contributed by atoms with Crippen molar-refractivity contribution in [2.45, 2.75) is 19.5 Å². The lowest BCUT2D eigenvalue weighted by Crippen LogP contribution is -2.46. The Hall–Kier alpha value is -1.65. The second kappa shape index (κ2) is 8.45. The van der Waals surface area contributed by atoms with Gasteiger partial charge in [0.15, 0.2) is 0 Å². The molecule has 4 nitrogen and oxygen atoms in total. The van der Waals surface area contributed by atoms with Crippen molar-refractivity contribution in [3.63, 3.8) is 0 Å². The van der Waals surface area contributed by atoms with Crippen LogP contribution in [0.4, 0.5) is 0 Å². The highest BCUT2D eigenvalue weighted by molar-refractivity contribution is 5.81. The number of rotatable bonds is 8. The monoisotopic (exact) mass is 261 g/mol. The van der Waals surface area contributed by atoms with Gasteiger partial charge >= 0.3 is 0 Å². The predicted molar refractivity (Wildman–Crippen MR) is 78.6 cm³/mol. The Kier molecular flexibility index (Phi) is 6.85. The van der Waals surface area contributed by atoms with Crippen molar-refractivity contribution < 1.29 is 4.79 Å². The van der Waals surface area contributed by atoms with Crippen LogP contribution in [-0.4, -0.2) is 36.5 Å². The van der Waals surface area contributed by atoms with Crippen LogP contribution in [0.2, 0.25) is 0 Å². The molecule has 104 valence electrons. The van der Waals surface area contributed by atoms with Gasteiger partial charge in [0.05, 0.1) is 6.04 Å². The summed E-state index contributed by atoms with van der Waals surface area (Å²) >= 11 is 0. The van der Waals surface area contributed by atoms with Crippen molar-refractivity contribution in [1.29, 1.82) is 0 Å². The number of amides is 1. The molecule has 1 amide bonds. The van der Waals surface area contributed by atoms with E-state index in [1.807, 2.05) is 25.1 Å². The third kappa shape index (κ3) is 5.24. The van der Waals surface area contributed by atoms with Crippen LogP contribution in [0.1, 0.15) is 12.5 Å². The number of nitrogens with zero attached hydrogens (tertiary/aromatic N) is 1. The Morgan fingerprint density at radius 1 is 1.47 bits per heavy atom. The molecule has 0 saturated carbocycles. The van der Waals surface area contributed by atoms with Gasteiger partial charge in [0, 0.05) is 26.2 Å². The molecule has 19 heavy (non-hydrogen) atoms. The highest BCUT2D eigenvalue weighted by Crippen LogP contribution is 2.08. The van der Waals surface area contributed by atoms with Gasteiger partial charge in [-0.15, -0.1) is 6.58 Å². The molecule has 0 aliphatic heterocycles. The summed E-state index contributed by atoms with van der Waals surface area (Å²) in [5, 5.41) is 2.82. The topological polar surface area (TPSA) is 58.4 Å². The fourth-order valence-electron chi connectivity index (χ4n) is 1.88. The molecule has 4 heteroatoms. The van der Waals surface area contributed by atoms with Gasteiger partial charge in [-0.05, 0) is 12.5 Å². The SMILES string of the molecule is C=CCNC(=O)C(C)N(CCN)Cc1ccccc1. The van der Waals surface area contributed by atoms with Crippen molar-refractivity contribution in [3.8, 4) is 0 Å². The van der Waals surface area contributed by atoms with Crippen LogP contribution in [0.15, 0.2) is 43.0 Å². The maximum absolute atomic E-state index is 12.0. The van der Waals surface area contributed by atoms with Gasteiger partial charge in [-0.1, -0.05) is 36.4 Å². The predicted octanol–water partition coefficient (Wildman–Crippen LogP) is 1.14. The number of benzene rings is 1. The van der Waals surface area contributed by atoms with E-state index in [1.165, 1.54) is 5.56 Å². The molecule has 1 aromatic rings. The lowest BCUT2D eigenvalue weighted by molar-refractivity contribution is -0.125. The molecular weight excluding hydrogens is 238 g/mol. The maximum atomic E-state index is 12.0. The molecule has 3 N–H and O–H groups in total. The molecule has 0 aromatic heterocycles. The summed E-state index contributed by atoms with van der Waals surface area (Å²) in [5.74, 6) is 0.00396. The lowest BCUT2D eigenvalue weighted by atomic mass is 10.1. The van der Waals surface area contributed by atoms with Crippen molar-refractivity contribution in [1.82, 2.24) is 10.2 Å². The highest BCUT2D eigenvalue weighted by Gasteiger charge is 2.20. The average Bonchev–Trinajstić information content (AvgIpc) is 2.44. The Morgan fingerprint density at radius 2 is 2.16 bits per heavy atom. The molecule has 0 bridgehead atoms. The van der Waals surface area contributed by atoms with E-state index in [0.717, 1.165) is 6.54 Å². The molecule has 1 atom stereocenters. The van der Waals surface area contributed by atoms with E-state index in [9.17, 15) is 4.79 Å². The summed E-state index contributed by atoms with van der Waals surface area (Å²) in [7, 11) is 0. The second-order valence-electron chi connectivity index (χ2n) is 4.45. The van der Waals surface area contributed by atoms with Crippen LogP contribution in [0.3, 0.4) is 0 Å². The van der Waals surface area contributed by atoms with Crippen molar-refractivity contribution >= 4 is 5.91 Å². The molecule has 0 spiro atoms. The summed E-state index contributed by atoms with van der Waals surface area (Å²) in [5.41, 5.74) is 6.81. The van der Waals surface area contributed by atoms with Crippen LogP contribution in [-0.2, 0) is 11.3 Å². The molecule has 1 aromatic carbocycles. The van der Waals surface area contributed by atoms with Crippen LogP contribution >= 0.6 is 0 Å². The first kappa shape index (κ1) is 15.4. The standard InChI is InChI=1S/C15H23N3O/c1-3-10-17-15(19)13(2)18(11-9-16)12-14-7-5-4-6-8-14/h3-8,13H,1,9-12,16H2,2H3,(H,17,19). The van der Waals surface area contributed by atoms with Crippen LogP contribution in [0.25, 0.3) is 0 Å². The average molecular weight is 261 g/mol. The molecule has 0 radical (unpaired) electrons. The van der Waals surface area contributed by atoms with E-state index in [0.29, 0.717) is 19.6 Å². The molecule has 0 heterocycles. The molecule has 1 unspecified atom stereocenters. The van der Waals surface area contributed by atoms with E-state index in [2.05, 4.69) is 28.9 Å². The molecule has 0 fully saturated rings. The fourth-order valence-corrected chi connectivity index (χ4v) is 1.88. The summed E-state index contributed by atoms with van der Waals surface area (Å²) in [6.07, 6.45) is 1.68. The lowest BCUT2D eigenvalue weighted by Gasteiger charge is -2.27. The normalized spacial score (nSPS) is 12.2. The largest absolute Gasteiger partial charge is 0.351 e. The minimum atomic E-state index is -0.205. The van der Waals surface area contributed by atoms with E-state index in [-0.39, 0.29) is 11.9 Å². The molecule has 0 saturated heterocycles. The van der Waals surface area contributed by atoms with Gasteiger partial charge < -0.3 is 11.1 Å². The zero-order valence-electron chi connectivity index (χ0n) is 11.5. The van der Waals surface area contributed by atoms with Crippen molar-refractivity contribution in [2.24, 2.45) is 5.73 Å². The minimum absolute atomic E-state index is 0.00396. The molecule has 0 aliphatic carbocycles. The van der Waals surface area contributed by atoms with Gasteiger partial charge in [-0.3, -0.25) is 9.69 Å². The Balaban J connectivity index is 2.65. The van der Waals surface area contributed by atoms with Gasteiger partial charge in [0.1, 0.15) is 0 Å². The number of carbonyl (C=O) groups is 1. The summed E-state index contributed by atoms with van der Waals surface area (Å²) in [6.45, 7) is 7.93. The van der Waals surface area contributed by atoms with Crippen LogP contribution < -0.4 is 11.1 Å². The number of nitrogens with two attached hydrogens (primary N) is 1. The first-order valence-electron chi connectivity index (χ1n) is 6.55. The van der Waals surface area contributed by atoms with Gasteiger partial charge in [-0.2, -0.15) is 0 Å². The van der Waals surface area contributed by atoms with Gasteiger partial charge in [0.25, 0.3) is 0 Å². The maximum Gasteiger partial charge on any atom is 0.237 e. The van der Waals surface area contributed by atoms with E-state index >= 15 is 0 Å². The van der Waals surface area contributed by atoms with Crippen molar-refractivity contribution in [3.05, 3.63) is 48.6 Å². The molecular formula is C15H23N3O. The zero-order chi connectivity index (χ0) is 14.1. The quantitative estimate of drug-likeness (QED) is 0.690.